The normalized spacial score (nSPS) is 17.6. The van der Waals surface area contributed by atoms with Crippen LogP contribution in [0.15, 0.2) is 97.1 Å². The van der Waals surface area contributed by atoms with Crippen LogP contribution in [0.1, 0.15) is 44.5 Å². The monoisotopic (exact) mass is 478 g/mol. The molecule has 5 aromatic carbocycles. The predicted molar refractivity (Wildman–Crippen MR) is 154 cm³/mol. The lowest BCUT2D eigenvalue weighted by Gasteiger charge is -2.39. The smallest absolute Gasteiger partial charge is 0.178 e. The molecule has 0 N–H and O–H groups in total. The fourth-order valence-electron chi connectivity index (χ4n) is 6.21. The number of benzene rings is 5. The van der Waals surface area contributed by atoms with Crippen molar-refractivity contribution in [3.8, 4) is 16.9 Å². The number of hydrogen-bond donors (Lipinski definition) is 0. The highest BCUT2D eigenvalue weighted by Gasteiger charge is 2.39. The summed E-state index contributed by atoms with van der Waals surface area (Å²) in [6.07, 6.45) is 6.60. The topological polar surface area (TPSA) is 9.23 Å². The van der Waals surface area contributed by atoms with Crippen LogP contribution in [-0.4, -0.2) is 0 Å². The van der Waals surface area contributed by atoms with Gasteiger partial charge in [0, 0.05) is 22.3 Å². The highest BCUT2D eigenvalue weighted by Crippen LogP contribution is 2.51. The van der Waals surface area contributed by atoms with Crippen molar-refractivity contribution in [1.82, 2.24) is 0 Å². The summed E-state index contributed by atoms with van der Waals surface area (Å²) in [5, 5.41) is 2.56. The molecule has 0 amide bonds. The van der Waals surface area contributed by atoms with E-state index in [2.05, 4.69) is 124 Å². The summed E-state index contributed by atoms with van der Waals surface area (Å²) in [6, 6.07) is 33.3. The van der Waals surface area contributed by atoms with Gasteiger partial charge in [-0.05, 0) is 84.4 Å². The van der Waals surface area contributed by atoms with Gasteiger partial charge in [-0.2, -0.15) is 0 Å². The largest absolute Gasteiger partial charge is 0.473 e. The first-order valence-electron chi connectivity index (χ1n) is 13.2. The number of ether oxygens (including phenoxy) is 1. The Bertz CT molecular complexity index is 1720. The zero-order valence-corrected chi connectivity index (χ0v) is 21.6. The first kappa shape index (κ1) is 22.1. The van der Waals surface area contributed by atoms with Gasteiger partial charge in [0.2, 0.25) is 0 Å². The second kappa shape index (κ2) is 8.21. The van der Waals surface area contributed by atoms with Gasteiger partial charge < -0.3 is 4.74 Å². The molecule has 0 saturated heterocycles. The first-order chi connectivity index (χ1) is 18.0. The summed E-state index contributed by atoms with van der Waals surface area (Å²) < 4.78 is 7.36. The fraction of sp³-hybridized carbons (Fsp3) is 0.167. The van der Waals surface area contributed by atoms with Crippen molar-refractivity contribution in [2.75, 3.05) is 0 Å². The third-order valence-corrected chi connectivity index (χ3v) is 8.40. The predicted octanol–water partition coefficient (Wildman–Crippen LogP) is 8.88. The highest BCUT2D eigenvalue weighted by atomic mass is 16.5. The summed E-state index contributed by atoms with van der Waals surface area (Å²) >= 11 is 0. The molecule has 0 fully saturated rings. The van der Waals surface area contributed by atoms with Crippen LogP contribution in [0, 0.1) is 20.8 Å². The van der Waals surface area contributed by atoms with E-state index in [9.17, 15) is 0 Å². The van der Waals surface area contributed by atoms with Crippen LogP contribution in [0.2, 0.25) is 0 Å². The van der Waals surface area contributed by atoms with Crippen LogP contribution in [0.4, 0.5) is 0 Å². The van der Waals surface area contributed by atoms with Gasteiger partial charge >= 0.3 is 0 Å². The molecule has 0 radical (unpaired) electrons. The van der Waals surface area contributed by atoms with Crippen molar-refractivity contribution in [3.63, 3.8) is 0 Å². The van der Waals surface area contributed by atoms with E-state index in [1.165, 1.54) is 60.8 Å². The van der Waals surface area contributed by atoms with E-state index in [1.807, 2.05) is 0 Å². The minimum absolute atomic E-state index is 0.688. The molecule has 1 nitrogen and oxygen atoms in total. The molecule has 5 aromatic rings. The van der Waals surface area contributed by atoms with Crippen molar-refractivity contribution < 1.29 is 4.74 Å². The number of hydrogen-bond acceptors (Lipinski definition) is 1. The van der Waals surface area contributed by atoms with E-state index in [-0.39, 0.29) is 0 Å². The molecule has 1 atom stereocenters. The number of rotatable bonds is 2. The van der Waals surface area contributed by atoms with Crippen LogP contribution in [0.5, 0.6) is 5.75 Å². The number of fused-ring (bicyclic) bond motifs is 8. The van der Waals surface area contributed by atoms with Gasteiger partial charge in [-0.3, -0.25) is 0 Å². The average Bonchev–Trinajstić information content (AvgIpc) is 2.94. The Labute approximate surface area is 219 Å². The lowest BCUT2D eigenvalue weighted by atomic mass is 9.78. The van der Waals surface area contributed by atoms with Crippen molar-refractivity contribution in [1.29, 1.82) is 0 Å². The summed E-state index contributed by atoms with van der Waals surface area (Å²) in [6.45, 7) is 6.50. The second-order valence-corrected chi connectivity index (χ2v) is 10.6. The standard InChI is InChI=1S/C36H30O/c1-23-12-16-27(17-13-23)36(28-18-14-24(2)25(3)22-28)21-20-32-30-10-6-7-11-31(30)34-29-9-5-4-8-26(29)15-19-33(34)35(32)37-36/h4-14,16-18,20-22H,15,19H2,1-3H3. The van der Waals surface area contributed by atoms with Crippen LogP contribution >= 0.6 is 0 Å². The van der Waals surface area contributed by atoms with Crippen LogP contribution < -0.4 is 4.74 Å². The molecule has 180 valence electrons. The Morgan fingerprint density at radius 1 is 0.676 bits per heavy atom. The van der Waals surface area contributed by atoms with Gasteiger partial charge in [0.25, 0.3) is 0 Å². The molecule has 1 aliphatic carbocycles. The minimum atomic E-state index is -0.688. The van der Waals surface area contributed by atoms with Gasteiger partial charge in [-0.15, -0.1) is 0 Å². The SMILES string of the molecule is Cc1ccc(C2(c3ccc(C)c(C)c3)C=Cc3c(c4c(c5ccccc35)-c3ccccc3CC4)O2)cc1. The van der Waals surface area contributed by atoms with E-state index in [1.54, 1.807) is 0 Å². The Morgan fingerprint density at radius 3 is 2.22 bits per heavy atom. The van der Waals surface area contributed by atoms with Crippen LogP contribution in [-0.2, 0) is 18.4 Å². The van der Waals surface area contributed by atoms with E-state index in [4.69, 9.17) is 4.74 Å². The van der Waals surface area contributed by atoms with Crippen molar-refractivity contribution in [3.05, 3.63) is 142 Å². The van der Waals surface area contributed by atoms with Gasteiger partial charge in [0.1, 0.15) is 5.75 Å². The van der Waals surface area contributed by atoms with Crippen LogP contribution in [0.25, 0.3) is 28.0 Å². The first-order valence-corrected chi connectivity index (χ1v) is 13.2. The van der Waals surface area contributed by atoms with Gasteiger partial charge in [-0.1, -0.05) is 96.6 Å². The lowest BCUT2D eigenvalue weighted by molar-refractivity contribution is 0.159. The summed E-state index contributed by atoms with van der Waals surface area (Å²) in [7, 11) is 0. The molecule has 7 rings (SSSR count). The third-order valence-electron chi connectivity index (χ3n) is 8.40. The molecular formula is C36H30O. The molecule has 1 heterocycles. The lowest BCUT2D eigenvalue weighted by Crippen LogP contribution is -2.35. The zero-order valence-electron chi connectivity index (χ0n) is 21.6. The molecule has 1 heteroatoms. The Morgan fingerprint density at radius 2 is 1.41 bits per heavy atom. The highest BCUT2D eigenvalue weighted by molar-refractivity contribution is 6.06. The van der Waals surface area contributed by atoms with Crippen LogP contribution in [0.3, 0.4) is 0 Å². The Hall–Kier alpha value is -4.10. The summed E-state index contributed by atoms with van der Waals surface area (Å²) in [5.74, 6) is 1.03. The quantitative estimate of drug-likeness (QED) is 0.246. The summed E-state index contributed by atoms with van der Waals surface area (Å²) in [5.41, 5.74) is 12.1. The van der Waals surface area contributed by atoms with E-state index in [0.29, 0.717) is 0 Å². The molecule has 1 unspecified atom stereocenters. The fourth-order valence-corrected chi connectivity index (χ4v) is 6.21. The molecule has 0 bridgehead atoms. The van der Waals surface area contributed by atoms with Crippen molar-refractivity contribution in [2.45, 2.75) is 39.2 Å². The molecule has 0 spiro atoms. The maximum absolute atomic E-state index is 7.36. The maximum atomic E-state index is 7.36. The van der Waals surface area contributed by atoms with Crippen molar-refractivity contribution in [2.24, 2.45) is 0 Å². The van der Waals surface area contributed by atoms with E-state index >= 15 is 0 Å². The maximum Gasteiger partial charge on any atom is 0.178 e. The minimum Gasteiger partial charge on any atom is -0.473 e. The Balaban J connectivity index is 1.54. The van der Waals surface area contributed by atoms with E-state index in [0.717, 1.165) is 24.2 Å². The summed E-state index contributed by atoms with van der Waals surface area (Å²) in [4.78, 5) is 0. The Kier molecular flexibility index (Phi) is 4.91. The third kappa shape index (κ3) is 3.30. The number of aryl methyl sites for hydroxylation is 4. The van der Waals surface area contributed by atoms with Crippen molar-refractivity contribution >= 4 is 16.8 Å². The molecular weight excluding hydrogens is 448 g/mol. The molecule has 37 heavy (non-hydrogen) atoms. The van der Waals surface area contributed by atoms with Gasteiger partial charge in [-0.25, -0.2) is 0 Å². The van der Waals surface area contributed by atoms with Gasteiger partial charge in [0.15, 0.2) is 5.60 Å². The van der Waals surface area contributed by atoms with E-state index < -0.39 is 5.60 Å². The zero-order chi connectivity index (χ0) is 25.1. The molecule has 0 aromatic heterocycles. The second-order valence-electron chi connectivity index (χ2n) is 10.6. The molecule has 1 aliphatic heterocycles. The molecule has 0 saturated carbocycles. The van der Waals surface area contributed by atoms with Gasteiger partial charge in [0.05, 0.1) is 0 Å². The average molecular weight is 479 g/mol. The molecule has 2 aliphatic rings.